The fourth-order valence-electron chi connectivity index (χ4n) is 2.39. The van der Waals surface area contributed by atoms with E-state index in [1.54, 1.807) is 19.1 Å². The van der Waals surface area contributed by atoms with Crippen LogP contribution < -0.4 is 11.1 Å². The Kier molecular flexibility index (Phi) is 5.35. The van der Waals surface area contributed by atoms with E-state index in [1.165, 1.54) is 0 Å². The molecule has 1 atom stereocenters. The number of aryl methyl sites for hydroxylation is 1. The number of hydrogen-bond donors (Lipinski definition) is 3. The molecule has 1 amide bonds. The summed E-state index contributed by atoms with van der Waals surface area (Å²) in [6.45, 7) is 8.03. The summed E-state index contributed by atoms with van der Waals surface area (Å²) in [6, 6.07) is 5.07. The van der Waals surface area contributed by atoms with Crippen molar-refractivity contribution in [1.29, 1.82) is 0 Å². The molecule has 1 aromatic rings. The van der Waals surface area contributed by atoms with Gasteiger partial charge in [0.25, 0.3) is 0 Å². The van der Waals surface area contributed by atoms with Crippen LogP contribution in [0.1, 0.15) is 49.5 Å². The van der Waals surface area contributed by atoms with Gasteiger partial charge in [0.15, 0.2) is 0 Å². The molecular formula is C16H24N2O3. The van der Waals surface area contributed by atoms with E-state index < -0.39 is 11.9 Å². The number of amides is 1. The van der Waals surface area contributed by atoms with Crippen molar-refractivity contribution in [1.82, 2.24) is 0 Å². The van der Waals surface area contributed by atoms with Gasteiger partial charge in [0.2, 0.25) is 5.91 Å². The monoisotopic (exact) mass is 292 g/mol. The van der Waals surface area contributed by atoms with E-state index >= 15 is 0 Å². The van der Waals surface area contributed by atoms with Gasteiger partial charge in [0.05, 0.1) is 6.42 Å². The molecule has 1 rings (SSSR count). The van der Waals surface area contributed by atoms with Crippen LogP contribution in [-0.4, -0.2) is 23.0 Å². The van der Waals surface area contributed by atoms with Gasteiger partial charge in [-0.2, -0.15) is 0 Å². The molecular weight excluding hydrogens is 268 g/mol. The molecule has 0 aliphatic rings. The van der Waals surface area contributed by atoms with Crippen molar-refractivity contribution in [2.45, 2.75) is 46.6 Å². The third-order valence-electron chi connectivity index (χ3n) is 3.14. The number of hydrogen-bond acceptors (Lipinski definition) is 3. The lowest BCUT2D eigenvalue weighted by molar-refractivity contribution is -0.137. The first kappa shape index (κ1) is 17.0. The Hall–Kier alpha value is -2.04. The molecule has 5 nitrogen and oxygen atoms in total. The third-order valence-corrected chi connectivity index (χ3v) is 3.14. The van der Waals surface area contributed by atoms with E-state index in [9.17, 15) is 9.59 Å². The summed E-state index contributed by atoms with van der Waals surface area (Å²) in [5.74, 6) is -1.29. The maximum atomic E-state index is 11.2. The smallest absolute Gasteiger partial charge is 0.305 e. The SMILES string of the molecule is Cc1cc(NC(CC(=O)O)CC(C)(C)C)ccc1C(N)=O. The Balaban J connectivity index is 2.90. The molecule has 0 bridgehead atoms. The summed E-state index contributed by atoms with van der Waals surface area (Å²) in [5, 5.41) is 12.3. The molecule has 0 saturated carbocycles. The first-order valence-electron chi connectivity index (χ1n) is 6.97. The fourth-order valence-corrected chi connectivity index (χ4v) is 2.39. The normalized spacial score (nSPS) is 12.8. The van der Waals surface area contributed by atoms with Crippen LogP contribution in [0.3, 0.4) is 0 Å². The molecule has 4 N–H and O–H groups in total. The van der Waals surface area contributed by atoms with Gasteiger partial charge < -0.3 is 16.2 Å². The van der Waals surface area contributed by atoms with Crippen LogP contribution in [0.5, 0.6) is 0 Å². The molecule has 0 radical (unpaired) electrons. The second-order valence-corrected chi connectivity index (χ2v) is 6.60. The van der Waals surface area contributed by atoms with Gasteiger partial charge in [-0.15, -0.1) is 0 Å². The molecule has 21 heavy (non-hydrogen) atoms. The lowest BCUT2D eigenvalue weighted by Crippen LogP contribution is -2.28. The maximum absolute atomic E-state index is 11.2. The zero-order valence-electron chi connectivity index (χ0n) is 13.1. The second kappa shape index (κ2) is 6.61. The highest BCUT2D eigenvalue weighted by Gasteiger charge is 2.21. The third kappa shape index (κ3) is 5.85. The lowest BCUT2D eigenvalue weighted by atomic mass is 9.87. The second-order valence-electron chi connectivity index (χ2n) is 6.60. The van der Waals surface area contributed by atoms with Gasteiger partial charge >= 0.3 is 5.97 Å². The Morgan fingerprint density at radius 2 is 1.95 bits per heavy atom. The molecule has 0 aliphatic heterocycles. The van der Waals surface area contributed by atoms with Crippen LogP contribution in [-0.2, 0) is 4.79 Å². The van der Waals surface area contributed by atoms with Gasteiger partial charge in [-0.25, -0.2) is 0 Å². The van der Waals surface area contributed by atoms with Crippen molar-refractivity contribution in [2.75, 3.05) is 5.32 Å². The van der Waals surface area contributed by atoms with Gasteiger partial charge in [-0.1, -0.05) is 20.8 Å². The molecule has 0 fully saturated rings. The highest BCUT2D eigenvalue weighted by molar-refractivity contribution is 5.94. The molecule has 0 spiro atoms. The van der Waals surface area contributed by atoms with E-state index in [0.29, 0.717) is 5.56 Å². The minimum atomic E-state index is -0.831. The minimum absolute atomic E-state index is 0.0231. The zero-order chi connectivity index (χ0) is 16.2. The Morgan fingerprint density at radius 1 is 1.33 bits per heavy atom. The van der Waals surface area contributed by atoms with Crippen LogP contribution in [0.4, 0.5) is 5.69 Å². The highest BCUT2D eigenvalue weighted by Crippen LogP contribution is 2.25. The summed E-state index contributed by atoms with van der Waals surface area (Å²) >= 11 is 0. The number of carbonyl (C=O) groups is 2. The number of aliphatic carboxylic acids is 1. The van der Waals surface area contributed by atoms with Crippen molar-refractivity contribution >= 4 is 17.6 Å². The number of nitrogens with two attached hydrogens (primary N) is 1. The quantitative estimate of drug-likeness (QED) is 0.751. The molecule has 1 unspecified atom stereocenters. The van der Waals surface area contributed by atoms with Crippen LogP contribution >= 0.6 is 0 Å². The number of carbonyl (C=O) groups excluding carboxylic acids is 1. The number of nitrogens with one attached hydrogen (secondary N) is 1. The summed E-state index contributed by atoms with van der Waals surface area (Å²) < 4.78 is 0. The lowest BCUT2D eigenvalue weighted by Gasteiger charge is -2.26. The summed E-state index contributed by atoms with van der Waals surface area (Å²) in [5.41, 5.74) is 7.35. The standard InChI is InChI=1S/C16H24N2O3/c1-10-7-11(5-6-13(10)15(17)21)18-12(8-14(19)20)9-16(2,3)4/h5-7,12,18H,8-9H2,1-4H3,(H2,17,21)(H,19,20). The molecule has 116 valence electrons. The van der Waals surface area contributed by atoms with E-state index in [0.717, 1.165) is 17.7 Å². The predicted molar refractivity (Wildman–Crippen MR) is 83.4 cm³/mol. The first-order chi connectivity index (χ1) is 9.58. The summed E-state index contributed by atoms with van der Waals surface area (Å²) in [7, 11) is 0. The average Bonchev–Trinajstić information content (AvgIpc) is 2.24. The molecule has 1 aromatic carbocycles. The minimum Gasteiger partial charge on any atom is -0.481 e. The topological polar surface area (TPSA) is 92.4 Å². The van der Waals surface area contributed by atoms with Gasteiger partial charge in [0, 0.05) is 17.3 Å². The van der Waals surface area contributed by atoms with Crippen LogP contribution in [0.2, 0.25) is 0 Å². The van der Waals surface area contributed by atoms with Gasteiger partial charge in [-0.05, 0) is 42.5 Å². The number of anilines is 1. The molecule has 5 heteroatoms. The Morgan fingerprint density at radius 3 is 2.38 bits per heavy atom. The van der Waals surface area contributed by atoms with Crippen molar-refractivity contribution in [2.24, 2.45) is 11.1 Å². The van der Waals surface area contributed by atoms with Gasteiger partial charge in [0.1, 0.15) is 0 Å². The summed E-state index contributed by atoms with van der Waals surface area (Å²) in [6.07, 6.45) is 0.782. The van der Waals surface area contributed by atoms with Gasteiger partial charge in [-0.3, -0.25) is 9.59 Å². The largest absolute Gasteiger partial charge is 0.481 e. The van der Waals surface area contributed by atoms with Crippen molar-refractivity contribution in [3.05, 3.63) is 29.3 Å². The molecule has 0 aromatic heterocycles. The van der Waals surface area contributed by atoms with E-state index in [4.69, 9.17) is 10.8 Å². The van der Waals surface area contributed by atoms with Crippen LogP contribution in [0.25, 0.3) is 0 Å². The number of rotatable bonds is 6. The summed E-state index contributed by atoms with van der Waals surface area (Å²) in [4.78, 5) is 22.2. The van der Waals surface area contributed by atoms with Crippen LogP contribution in [0.15, 0.2) is 18.2 Å². The molecule has 0 heterocycles. The van der Waals surface area contributed by atoms with E-state index in [-0.39, 0.29) is 17.9 Å². The number of primary amides is 1. The highest BCUT2D eigenvalue weighted by atomic mass is 16.4. The predicted octanol–water partition coefficient (Wildman–Crippen LogP) is 2.79. The maximum Gasteiger partial charge on any atom is 0.305 e. The molecule has 0 aliphatic carbocycles. The van der Waals surface area contributed by atoms with E-state index in [1.807, 2.05) is 6.07 Å². The van der Waals surface area contributed by atoms with Crippen LogP contribution in [0, 0.1) is 12.3 Å². The van der Waals surface area contributed by atoms with Crippen molar-refractivity contribution < 1.29 is 14.7 Å². The number of carboxylic acids is 1. The van der Waals surface area contributed by atoms with Crippen molar-refractivity contribution in [3.63, 3.8) is 0 Å². The average molecular weight is 292 g/mol. The fraction of sp³-hybridized carbons (Fsp3) is 0.500. The first-order valence-corrected chi connectivity index (χ1v) is 6.97. The van der Waals surface area contributed by atoms with E-state index in [2.05, 4.69) is 26.1 Å². The van der Waals surface area contributed by atoms with Crippen molar-refractivity contribution in [3.8, 4) is 0 Å². The number of carboxylic acid groups (broad SMARTS) is 1. The molecule has 0 saturated heterocycles. The Labute approximate surface area is 125 Å². The zero-order valence-corrected chi connectivity index (χ0v) is 13.1. The number of benzene rings is 1. The Bertz CT molecular complexity index is 533.